The number of carbonyl (C=O) groups excluding carboxylic acids is 1. The van der Waals surface area contributed by atoms with Gasteiger partial charge in [0.2, 0.25) is 5.75 Å². The van der Waals surface area contributed by atoms with Crippen molar-refractivity contribution in [2.75, 3.05) is 6.54 Å². The van der Waals surface area contributed by atoms with Gasteiger partial charge in [-0.3, -0.25) is 4.79 Å². The predicted octanol–water partition coefficient (Wildman–Crippen LogP) is 0.523. The van der Waals surface area contributed by atoms with E-state index in [9.17, 15) is 9.90 Å². The summed E-state index contributed by atoms with van der Waals surface area (Å²) in [6, 6.07) is 2.30. The summed E-state index contributed by atoms with van der Waals surface area (Å²) < 4.78 is 0. The van der Waals surface area contributed by atoms with Gasteiger partial charge in [-0.05, 0) is 12.1 Å². The Bertz CT molecular complexity index is 353. The average Bonchev–Trinajstić information content (AvgIpc) is 2.13. The normalized spacial score (nSPS) is 9.21. The molecule has 5 nitrogen and oxygen atoms in total. The van der Waals surface area contributed by atoms with Crippen molar-refractivity contribution in [2.24, 2.45) is 5.73 Å². The summed E-state index contributed by atoms with van der Waals surface area (Å²) in [7, 11) is 0. The summed E-state index contributed by atoms with van der Waals surface area (Å²) in [6.07, 6.45) is 0. The molecule has 0 aliphatic heterocycles. The number of carbonyl (C=O) groups is 1. The number of benzene rings is 1. The third kappa shape index (κ3) is 2.15. The quantitative estimate of drug-likeness (QED) is 0.460. The number of Topliss-reactive ketones (excluding diaryl/α,β-unsaturated/α-hetero) is 1. The van der Waals surface area contributed by atoms with E-state index in [1.807, 2.05) is 0 Å². The molecule has 6 heteroatoms. The molecule has 1 aromatic carbocycles. The van der Waals surface area contributed by atoms with E-state index in [4.69, 9.17) is 15.9 Å². The third-order valence-corrected chi connectivity index (χ3v) is 1.62. The Morgan fingerprint density at radius 1 is 1.21 bits per heavy atom. The van der Waals surface area contributed by atoms with Crippen LogP contribution in [-0.2, 0) is 0 Å². The monoisotopic (exact) mass is 263 g/mol. The highest BCUT2D eigenvalue weighted by Gasteiger charge is 2.15. The molecule has 0 spiro atoms. The van der Waals surface area contributed by atoms with Gasteiger partial charge < -0.3 is 21.1 Å². The zero-order valence-electron chi connectivity index (χ0n) is 7.10. The van der Waals surface area contributed by atoms with E-state index >= 15 is 0 Å². The second-order valence-corrected chi connectivity index (χ2v) is 2.46. The van der Waals surface area contributed by atoms with Crippen LogP contribution in [0.5, 0.6) is 17.2 Å². The molecule has 0 fully saturated rings. The van der Waals surface area contributed by atoms with Gasteiger partial charge in [-0.2, -0.15) is 0 Å². The standard InChI is InChI=1S/C8H9NO4.BrH/c9-3-6(11)4-1-2-5(10)8(13)7(4)12;/h1-2,10,12-13H,3,9H2;1H. The van der Waals surface area contributed by atoms with Crippen molar-refractivity contribution in [3.8, 4) is 17.2 Å². The number of nitrogens with two attached hydrogens (primary N) is 1. The fourth-order valence-corrected chi connectivity index (χ4v) is 0.904. The van der Waals surface area contributed by atoms with Crippen molar-refractivity contribution in [3.05, 3.63) is 17.7 Å². The minimum atomic E-state index is -0.709. The zero-order valence-corrected chi connectivity index (χ0v) is 8.81. The Hall–Kier alpha value is -1.27. The molecule has 78 valence electrons. The number of hydrogen-bond donors (Lipinski definition) is 4. The van der Waals surface area contributed by atoms with Crippen LogP contribution in [0, 0.1) is 0 Å². The summed E-state index contributed by atoms with van der Waals surface area (Å²) in [5.74, 6) is -2.34. The van der Waals surface area contributed by atoms with Gasteiger partial charge in [-0.25, -0.2) is 0 Å². The minimum absolute atomic E-state index is 0. The molecule has 0 heterocycles. The first kappa shape index (κ1) is 12.7. The fraction of sp³-hybridized carbons (Fsp3) is 0.125. The average molecular weight is 264 g/mol. The van der Waals surface area contributed by atoms with Gasteiger partial charge in [0.25, 0.3) is 0 Å². The minimum Gasteiger partial charge on any atom is -0.504 e. The summed E-state index contributed by atoms with van der Waals surface area (Å²) in [5, 5.41) is 27.2. The first-order valence-electron chi connectivity index (χ1n) is 3.55. The van der Waals surface area contributed by atoms with Crippen LogP contribution in [0.2, 0.25) is 0 Å². The molecule has 14 heavy (non-hydrogen) atoms. The maximum atomic E-state index is 11.0. The Labute approximate surface area is 90.6 Å². The topological polar surface area (TPSA) is 104 Å². The van der Waals surface area contributed by atoms with E-state index < -0.39 is 23.0 Å². The van der Waals surface area contributed by atoms with E-state index in [1.54, 1.807) is 0 Å². The van der Waals surface area contributed by atoms with E-state index in [2.05, 4.69) is 0 Å². The molecule has 0 aromatic heterocycles. The number of phenolic OH excluding ortho intramolecular Hbond substituents is 3. The van der Waals surface area contributed by atoms with Crippen molar-refractivity contribution in [1.29, 1.82) is 0 Å². The Morgan fingerprint density at radius 2 is 1.79 bits per heavy atom. The van der Waals surface area contributed by atoms with E-state index in [0.717, 1.165) is 6.07 Å². The molecular weight excluding hydrogens is 254 g/mol. The van der Waals surface area contributed by atoms with Crippen LogP contribution in [0.3, 0.4) is 0 Å². The lowest BCUT2D eigenvalue weighted by Gasteiger charge is -2.04. The Kier molecular flexibility index (Phi) is 4.39. The van der Waals surface area contributed by atoms with E-state index in [1.165, 1.54) is 6.07 Å². The van der Waals surface area contributed by atoms with Crippen molar-refractivity contribution in [1.82, 2.24) is 0 Å². The van der Waals surface area contributed by atoms with Crippen LogP contribution in [0.1, 0.15) is 10.4 Å². The van der Waals surface area contributed by atoms with Gasteiger partial charge in [-0.15, -0.1) is 17.0 Å². The van der Waals surface area contributed by atoms with Crippen LogP contribution in [0.15, 0.2) is 12.1 Å². The SMILES string of the molecule is Br.NCC(=O)c1ccc(O)c(O)c1O. The molecule has 0 radical (unpaired) electrons. The number of ketones is 1. The van der Waals surface area contributed by atoms with Gasteiger partial charge in [0.05, 0.1) is 12.1 Å². The highest BCUT2D eigenvalue weighted by Crippen LogP contribution is 2.36. The number of phenols is 3. The number of hydrogen-bond acceptors (Lipinski definition) is 5. The van der Waals surface area contributed by atoms with Crippen LogP contribution >= 0.6 is 17.0 Å². The van der Waals surface area contributed by atoms with Gasteiger partial charge >= 0.3 is 0 Å². The lowest BCUT2D eigenvalue weighted by atomic mass is 10.1. The zero-order chi connectivity index (χ0) is 10.0. The molecule has 0 aliphatic carbocycles. The number of rotatable bonds is 2. The molecule has 0 amide bonds. The predicted molar refractivity (Wildman–Crippen MR) is 55.1 cm³/mol. The second kappa shape index (κ2) is 4.83. The molecule has 0 bridgehead atoms. The molecule has 5 N–H and O–H groups in total. The molecule has 0 atom stereocenters. The lowest BCUT2D eigenvalue weighted by Crippen LogP contribution is -2.13. The molecule has 1 rings (SSSR count). The maximum Gasteiger partial charge on any atom is 0.201 e. The Balaban J connectivity index is 0.00000169. The second-order valence-electron chi connectivity index (χ2n) is 2.46. The van der Waals surface area contributed by atoms with Gasteiger partial charge in [0, 0.05) is 0 Å². The summed E-state index contributed by atoms with van der Waals surface area (Å²) in [4.78, 5) is 11.0. The van der Waals surface area contributed by atoms with E-state index in [-0.39, 0.29) is 29.1 Å². The van der Waals surface area contributed by atoms with E-state index in [0.29, 0.717) is 0 Å². The number of halogens is 1. The maximum absolute atomic E-state index is 11.0. The summed E-state index contributed by atoms with van der Waals surface area (Å²) in [6.45, 7) is -0.266. The molecular formula is C8H10BrNO4. The van der Waals surface area contributed by atoms with Crippen LogP contribution < -0.4 is 5.73 Å². The summed E-state index contributed by atoms with van der Waals surface area (Å²) in [5.41, 5.74) is 4.96. The highest BCUT2D eigenvalue weighted by molar-refractivity contribution is 8.93. The number of aromatic hydroxyl groups is 3. The van der Waals surface area contributed by atoms with Gasteiger partial charge in [0.1, 0.15) is 0 Å². The molecule has 0 saturated heterocycles. The molecule has 0 saturated carbocycles. The molecule has 0 aliphatic rings. The first-order chi connectivity index (χ1) is 6.07. The largest absolute Gasteiger partial charge is 0.504 e. The third-order valence-electron chi connectivity index (χ3n) is 1.62. The lowest BCUT2D eigenvalue weighted by molar-refractivity contribution is 0.0998. The van der Waals surface area contributed by atoms with Crippen molar-refractivity contribution in [3.63, 3.8) is 0 Å². The van der Waals surface area contributed by atoms with Crippen LogP contribution in [0.4, 0.5) is 0 Å². The summed E-state index contributed by atoms with van der Waals surface area (Å²) >= 11 is 0. The van der Waals surface area contributed by atoms with Crippen molar-refractivity contribution < 1.29 is 20.1 Å². The highest BCUT2D eigenvalue weighted by atomic mass is 79.9. The van der Waals surface area contributed by atoms with Gasteiger partial charge in [-0.1, -0.05) is 0 Å². The molecule has 1 aromatic rings. The molecule has 0 unspecified atom stereocenters. The smallest absolute Gasteiger partial charge is 0.201 e. The van der Waals surface area contributed by atoms with Crippen LogP contribution in [0.25, 0.3) is 0 Å². The van der Waals surface area contributed by atoms with Crippen molar-refractivity contribution >= 4 is 22.8 Å². The fourth-order valence-electron chi connectivity index (χ4n) is 0.904. The first-order valence-corrected chi connectivity index (χ1v) is 3.55. The Morgan fingerprint density at radius 3 is 2.29 bits per heavy atom. The van der Waals surface area contributed by atoms with Crippen molar-refractivity contribution in [2.45, 2.75) is 0 Å². The van der Waals surface area contributed by atoms with Gasteiger partial charge in [0.15, 0.2) is 17.3 Å². The van der Waals surface area contributed by atoms with Crippen LogP contribution in [-0.4, -0.2) is 27.6 Å².